The SMILES string of the molecule is CC1(C)C(=O)NC(=O)CN1C(=O)C1CNC1. The van der Waals surface area contributed by atoms with Gasteiger partial charge in [-0.1, -0.05) is 0 Å². The van der Waals surface area contributed by atoms with Crippen LogP contribution < -0.4 is 10.6 Å². The van der Waals surface area contributed by atoms with Gasteiger partial charge in [-0.3, -0.25) is 19.7 Å². The Balaban J connectivity index is 2.19. The largest absolute Gasteiger partial charge is 0.319 e. The molecule has 2 aliphatic rings. The number of rotatable bonds is 1. The van der Waals surface area contributed by atoms with Crippen LogP contribution in [0.5, 0.6) is 0 Å². The molecule has 2 aliphatic heterocycles. The van der Waals surface area contributed by atoms with E-state index in [1.54, 1.807) is 13.8 Å². The molecule has 88 valence electrons. The molecule has 0 aliphatic carbocycles. The van der Waals surface area contributed by atoms with E-state index in [0.29, 0.717) is 13.1 Å². The predicted octanol–water partition coefficient (Wildman–Crippen LogP) is -1.53. The van der Waals surface area contributed by atoms with Crippen LogP contribution in [0.3, 0.4) is 0 Å². The summed E-state index contributed by atoms with van der Waals surface area (Å²) in [4.78, 5) is 36.3. The summed E-state index contributed by atoms with van der Waals surface area (Å²) in [6.45, 7) is 4.52. The first-order valence-corrected chi connectivity index (χ1v) is 5.29. The van der Waals surface area contributed by atoms with Crippen LogP contribution in [0.15, 0.2) is 0 Å². The van der Waals surface area contributed by atoms with Crippen LogP contribution in [0.2, 0.25) is 0 Å². The molecule has 0 bridgehead atoms. The van der Waals surface area contributed by atoms with Crippen molar-refractivity contribution in [1.29, 1.82) is 0 Å². The third-order valence-electron chi connectivity index (χ3n) is 3.18. The van der Waals surface area contributed by atoms with Crippen molar-refractivity contribution < 1.29 is 14.4 Å². The Morgan fingerprint density at radius 1 is 1.38 bits per heavy atom. The molecule has 0 spiro atoms. The van der Waals surface area contributed by atoms with Crippen molar-refractivity contribution in [2.75, 3.05) is 19.6 Å². The number of nitrogens with zero attached hydrogens (tertiary/aromatic N) is 1. The van der Waals surface area contributed by atoms with Crippen molar-refractivity contribution in [1.82, 2.24) is 15.5 Å². The van der Waals surface area contributed by atoms with E-state index in [4.69, 9.17) is 0 Å². The number of nitrogens with one attached hydrogen (secondary N) is 2. The van der Waals surface area contributed by atoms with Gasteiger partial charge in [-0.05, 0) is 13.8 Å². The Labute approximate surface area is 93.4 Å². The second-order valence-electron chi connectivity index (χ2n) is 4.72. The lowest BCUT2D eigenvalue weighted by Crippen LogP contribution is -2.68. The van der Waals surface area contributed by atoms with Crippen LogP contribution in [-0.4, -0.2) is 47.8 Å². The van der Waals surface area contributed by atoms with Gasteiger partial charge in [0.2, 0.25) is 11.8 Å². The summed E-state index contributed by atoms with van der Waals surface area (Å²) in [5.41, 5.74) is -0.944. The number of piperazine rings is 1. The van der Waals surface area contributed by atoms with Crippen molar-refractivity contribution in [3.63, 3.8) is 0 Å². The van der Waals surface area contributed by atoms with Gasteiger partial charge in [0.1, 0.15) is 12.1 Å². The Bertz CT molecular complexity index is 360. The second kappa shape index (κ2) is 3.55. The highest BCUT2D eigenvalue weighted by atomic mass is 16.2. The zero-order chi connectivity index (χ0) is 11.9. The molecule has 6 heteroatoms. The third-order valence-corrected chi connectivity index (χ3v) is 3.18. The van der Waals surface area contributed by atoms with Crippen LogP contribution in [0.4, 0.5) is 0 Å². The quantitative estimate of drug-likeness (QED) is 0.531. The number of hydrogen-bond donors (Lipinski definition) is 2. The van der Waals surface area contributed by atoms with Gasteiger partial charge in [0.25, 0.3) is 5.91 Å². The topological polar surface area (TPSA) is 78.5 Å². The summed E-state index contributed by atoms with van der Waals surface area (Å²) in [7, 11) is 0. The van der Waals surface area contributed by atoms with E-state index in [9.17, 15) is 14.4 Å². The van der Waals surface area contributed by atoms with Gasteiger partial charge >= 0.3 is 0 Å². The van der Waals surface area contributed by atoms with E-state index in [2.05, 4.69) is 10.6 Å². The Kier molecular flexibility index (Phi) is 2.46. The average molecular weight is 225 g/mol. The molecular formula is C10H15N3O3. The van der Waals surface area contributed by atoms with E-state index in [1.165, 1.54) is 4.90 Å². The standard InChI is InChI=1S/C10H15N3O3/c1-10(2)9(16)12-7(14)5-13(10)8(15)6-3-11-4-6/h6,11H,3-5H2,1-2H3,(H,12,14,16). The zero-order valence-electron chi connectivity index (χ0n) is 9.37. The van der Waals surface area contributed by atoms with Crippen molar-refractivity contribution >= 4 is 17.7 Å². The minimum atomic E-state index is -0.944. The number of hydrogen-bond acceptors (Lipinski definition) is 4. The molecule has 2 fully saturated rings. The molecule has 0 saturated carbocycles. The lowest BCUT2D eigenvalue weighted by Gasteiger charge is -2.43. The number of carbonyl (C=O) groups excluding carboxylic acids is 3. The Morgan fingerprint density at radius 3 is 2.50 bits per heavy atom. The molecule has 2 heterocycles. The summed E-state index contributed by atoms with van der Waals surface area (Å²) in [6.07, 6.45) is 0. The summed E-state index contributed by atoms with van der Waals surface area (Å²) in [6, 6.07) is 0. The normalized spacial score (nSPS) is 25.0. The fourth-order valence-electron chi connectivity index (χ4n) is 1.82. The van der Waals surface area contributed by atoms with Crippen molar-refractivity contribution in [2.45, 2.75) is 19.4 Å². The highest BCUT2D eigenvalue weighted by molar-refractivity contribution is 6.06. The average Bonchev–Trinajstić information content (AvgIpc) is 2.08. The summed E-state index contributed by atoms with van der Waals surface area (Å²) in [5, 5.41) is 5.24. The minimum Gasteiger partial charge on any atom is -0.319 e. The van der Waals surface area contributed by atoms with Gasteiger partial charge in [0, 0.05) is 13.1 Å². The summed E-state index contributed by atoms with van der Waals surface area (Å²) >= 11 is 0. The van der Waals surface area contributed by atoms with Gasteiger partial charge in [-0.2, -0.15) is 0 Å². The highest BCUT2D eigenvalue weighted by Crippen LogP contribution is 2.21. The zero-order valence-corrected chi connectivity index (χ0v) is 9.37. The summed E-state index contributed by atoms with van der Waals surface area (Å²) < 4.78 is 0. The van der Waals surface area contributed by atoms with Crippen LogP contribution in [-0.2, 0) is 14.4 Å². The lowest BCUT2D eigenvalue weighted by atomic mass is 9.93. The first kappa shape index (κ1) is 11.1. The Morgan fingerprint density at radius 2 is 2.00 bits per heavy atom. The first-order valence-electron chi connectivity index (χ1n) is 5.29. The highest BCUT2D eigenvalue weighted by Gasteiger charge is 2.45. The van der Waals surface area contributed by atoms with Crippen molar-refractivity contribution in [2.24, 2.45) is 5.92 Å². The molecule has 0 atom stereocenters. The van der Waals surface area contributed by atoms with Crippen molar-refractivity contribution in [3.8, 4) is 0 Å². The van der Waals surface area contributed by atoms with E-state index < -0.39 is 17.4 Å². The van der Waals surface area contributed by atoms with E-state index in [0.717, 1.165) is 0 Å². The van der Waals surface area contributed by atoms with Crippen LogP contribution in [0.25, 0.3) is 0 Å². The van der Waals surface area contributed by atoms with Gasteiger partial charge in [-0.15, -0.1) is 0 Å². The molecule has 0 radical (unpaired) electrons. The smallest absolute Gasteiger partial charge is 0.252 e. The maximum atomic E-state index is 12.0. The van der Waals surface area contributed by atoms with E-state index >= 15 is 0 Å². The molecule has 2 N–H and O–H groups in total. The van der Waals surface area contributed by atoms with Gasteiger partial charge < -0.3 is 10.2 Å². The van der Waals surface area contributed by atoms with Gasteiger partial charge in [0.15, 0.2) is 0 Å². The number of amides is 3. The summed E-state index contributed by atoms with van der Waals surface area (Å²) in [5.74, 6) is -1.04. The number of imide groups is 1. The first-order chi connectivity index (χ1) is 7.43. The maximum absolute atomic E-state index is 12.0. The lowest BCUT2D eigenvalue weighted by molar-refractivity contribution is -0.158. The molecule has 3 amide bonds. The molecule has 0 aromatic rings. The molecule has 0 aromatic heterocycles. The monoisotopic (exact) mass is 225 g/mol. The Hall–Kier alpha value is -1.43. The van der Waals surface area contributed by atoms with E-state index in [-0.39, 0.29) is 18.4 Å². The molecule has 2 rings (SSSR count). The molecule has 6 nitrogen and oxygen atoms in total. The van der Waals surface area contributed by atoms with Crippen molar-refractivity contribution in [3.05, 3.63) is 0 Å². The molecule has 16 heavy (non-hydrogen) atoms. The molecular weight excluding hydrogens is 210 g/mol. The fourth-order valence-corrected chi connectivity index (χ4v) is 1.82. The molecule has 2 saturated heterocycles. The second-order valence-corrected chi connectivity index (χ2v) is 4.72. The third kappa shape index (κ3) is 1.59. The minimum absolute atomic E-state index is 0.0337. The maximum Gasteiger partial charge on any atom is 0.252 e. The molecule has 0 aromatic carbocycles. The fraction of sp³-hybridized carbons (Fsp3) is 0.700. The van der Waals surface area contributed by atoms with Crippen LogP contribution in [0.1, 0.15) is 13.8 Å². The predicted molar refractivity (Wildman–Crippen MR) is 55.3 cm³/mol. The number of carbonyl (C=O) groups is 3. The van der Waals surface area contributed by atoms with Gasteiger partial charge in [0.05, 0.1) is 5.92 Å². The molecule has 0 unspecified atom stereocenters. The van der Waals surface area contributed by atoms with E-state index in [1.807, 2.05) is 0 Å². The van der Waals surface area contributed by atoms with Gasteiger partial charge in [-0.25, -0.2) is 0 Å². The van der Waals surface area contributed by atoms with Crippen LogP contribution >= 0.6 is 0 Å². The van der Waals surface area contributed by atoms with Crippen LogP contribution in [0, 0.1) is 5.92 Å².